The van der Waals surface area contributed by atoms with Crippen LogP contribution in [0.2, 0.25) is 0 Å². The van der Waals surface area contributed by atoms with Crippen LogP contribution in [0.3, 0.4) is 0 Å². The molecular formula is C16H20N4O6. The highest BCUT2D eigenvalue weighted by Gasteiger charge is 2.29. The first kappa shape index (κ1) is 19.5. The van der Waals surface area contributed by atoms with Crippen molar-refractivity contribution in [3.63, 3.8) is 0 Å². The quantitative estimate of drug-likeness (QED) is 0.288. The van der Waals surface area contributed by atoms with E-state index in [1.54, 1.807) is 20.8 Å². The topological polar surface area (TPSA) is 119 Å². The average Bonchev–Trinajstić information content (AvgIpc) is 3.06. The smallest absolute Gasteiger partial charge is 0.361 e. The van der Waals surface area contributed by atoms with Crippen LogP contribution in [0.4, 0.5) is 5.69 Å². The maximum Gasteiger partial charge on any atom is 0.361 e. The van der Waals surface area contributed by atoms with Gasteiger partial charge < -0.3 is 14.2 Å². The zero-order valence-corrected chi connectivity index (χ0v) is 14.7. The van der Waals surface area contributed by atoms with E-state index in [4.69, 9.17) is 14.2 Å². The molecule has 0 unspecified atom stereocenters. The van der Waals surface area contributed by atoms with E-state index in [9.17, 15) is 14.9 Å². The Balaban J connectivity index is 2.53. The molecule has 0 aliphatic carbocycles. The molecular weight excluding hydrogens is 344 g/mol. The Labute approximate surface area is 149 Å². The highest BCUT2D eigenvalue weighted by atomic mass is 16.7. The normalized spacial score (nSPS) is 10.9. The van der Waals surface area contributed by atoms with E-state index in [1.807, 2.05) is 0 Å². The fourth-order valence-electron chi connectivity index (χ4n) is 2.26. The molecule has 0 N–H and O–H groups in total. The van der Waals surface area contributed by atoms with Crippen LogP contribution in [-0.2, 0) is 14.2 Å². The number of non-ortho nitro benzene ring substituents is 1. The van der Waals surface area contributed by atoms with Gasteiger partial charge in [0.1, 0.15) is 5.69 Å². The monoisotopic (exact) mass is 364 g/mol. The molecule has 0 bridgehead atoms. The van der Waals surface area contributed by atoms with Crippen molar-refractivity contribution in [1.82, 2.24) is 15.0 Å². The van der Waals surface area contributed by atoms with Crippen LogP contribution < -0.4 is 0 Å². The number of nitro benzene ring substituents is 1. The second-order valence-corrected chi connectivity index (χ2v) is 4.97. The van der Waals surface area contributed by atoms with Gasteiger partial charge in [-0.15, -0.1) is 5.10 Å². The number of nitro groups is 1. The Bertz CT molecular complexity index is 753. The molecule has 1 aromatic carbocycles. The highest BCUT2D eigenvalue weighted by molar-refractivity contribution is 5.88. The van der Waals surface area contributed by atoms with Crippen LogP contribution in [0, 0.1) is 10.1 Å². The maximum atomic E-state index is 12.2. The van der Waals surface area contributed by atoms with E-state index in [0.29, 0.717) is 18.9 Å². The van der Waals surface area contributed by atoms with Crippen LogP contribution in [0.1, 0.15) is 43.2 Å². The van der Waals surface area contributed by atoms with Crippen molar-refractivity contribution in [3.8, 4) is 5.69 Å². The van der Waals surface area contributed by atoms with Gasteiger partial charge in [-0.05, 0) is 32.9 Å². The maximum absolute atomic E-state index is 12.2. The van der Waals surface area contributed by atoms with Gasteiger partial charge in [-0.1, -0.05) is 5.21 Å². The lowest BCUT2D eigenvalue weighted by Crippen LogP contribution is -2.18. The summed E-state index contributed by atoms with van der Waals surface area (Å²) in [4.78, 5) is 22.6. The molecule has 0 aliphatic rings. The van der Waals surface area contributed by atoms with Crippen molar-refractivity contribution >= 4 is 11.7 Å². The Morgan fingerprint density at radius 3 is 2.27 bits per heavy atom. The molecule has 0 saturated carbocycles. The van der Waals surface area contributed by atoms with Crippen molar-refractivity contribution in [2.24, 2.45) is 0 Å². The van der Waals surface area contributed by atoms with Crippen molar-refractivity contribution in [2.45, 2.75) is 27.1 Å². The summed E-state index contributed by atoms with van der Waals surface area (Å²) in [5.41, 5.74) is 0.642. The van der Waals surface area contributed by atoms with E-state index < -0.39 is 17.2 Å². The molecule has 10 nitrogen and oxygen atoms in total. The van der Waals surface area contributed by atoms with Gasteiger partial charge in [-0.25, -0.2) is 9.48 Å². The van der Waals surface area contributed by atoms with Gasteiger partial charge in [0.15, 0.2) is 5.69 Å². The summed E-state index contributed by atoms with van der Waals surface area (Å²) in [7, 11) is 0. The third-order valence-electron chi connectivity index (χ3n) is 3.34. The molecule has 2 rings (SSSR count). The molecule has 26 heavy (non-hydrogen) atoms. The molecule has 1 heterocycles. The van der Waals surface area contributed by atoms with Crippen molar-refractivity contribution < 1.29 is 23.9 Å². The lowest BCUT2D eigenvalue weighted by molar-refractivity contribution is -0.384. The Kier molecular flexibility index (Phi) is 6.75. The molecule has 0 spiro atoms. The summed E-state index contributed by atoms with van der Waals surface area (Å²) in [6, 6.07) is 5.67. The first-order chi connectivity index (χ1) is 12.5. The summed E-state index contributed by atoms with van der Waals surface area (Å²) in [6.45, 7) is 6.10. The summed E-state index contributed by atoms with van der Waals surface area (Å²) < 4.78 is 17.5. The molecule has 10 heteroatoms. The van der Waals surface area contributed by atoms with Gasteiger partial charge in [-0.3, -0.25) is 10.1 Å². The van der Waals surface area contributed by atoms with Gasteiger partial charge in [0.2, 0.25) is 6.29 Å². The van der Waals surface area contributed by atoms with Gasteiger partial charge in [0.05, 0.1) is 17.2 Å². The minimum absolute atomic E-state index is 0.0305. The van der Waals surface area contributed by atoms with Crippen molar-refractivity contribution in [3.05, 3.63) is 45.8 Å². The predicted octanol–water partition coefficient (Wildman–Crippen LogP) is 2.42. The highest BCUT2D eigenvalue weighted by Crippen LogP contribution is 2.26. The predicted molar refractivity (Wildman–Crippen MR) is 90.0 cm³/mol. The molecule has 0 aliphatic heterocycles. The largest absolute Gasteiger partial charge is 0.461 e. The number of aromatic nitrogens is 3. The zero-order valence-electron chi connectivity index (χ0n) is 14.7. The average molecular weight is 364 g/mol. The number of ether oxygens (including phenoxy) is 3. The van der Waals surface area contributed by atoms with Crippen LogP contribution in [-0.4, -0.2) is 45.7 Å². The SMILES string of the molecule is CCOC(=O)c1nnn(-c2ccc([N+](=O)[O-])cc2)c1C(OCC)OCC. The van der Waals surface area contributed by atoms with Gasteiger partial charge in [0, 0.05) is 25.3 Å². The van der Waals surface area contributed by atoms with Crippen LogP contribution in [0.15, 0.2) is 24.3 Å². The fourth-order valence-corrected chi connectivity index (χ4v) is 2.26. The zero-order chi connectivity index (χ0) is 19.1. The summed E-state index contributed by atoms with van der Waals surface area (Å²) >= 11 is 0. The number of esters is 1. The van der Waals surface area contributed by atoms with Crippen LogP contribution in [0.5, 0.6) is 0 Å². The minimum atomic E-state index is -0.894. The minimum Gasteiger partial charge on any atom is -0.461 e. The standard InChI is InChI=1S/C16H20N4O6/c1-4-24-15(21)13-14(16(25-5-2)26-6-3)19(18-17-13)11-7-9-12(10-8-11)20(22)23/h7-10,16H,4-6H2,1-3H3. The van der Waals surface area contributed by atoms with E-state index in [1.165, 1.54) is 28.9 Å². The van der Waals surface area contributed by atoms with E-state index in [-0.39, 0.29) is 23.7 Å². The Morgan fingerprint density at radius 1 is 1.15 bits per heavy atom. The molecule has 0 saturated heterocycles. The number of nitrogens with zero attached hydrogens (tertiary/aromatic N) is 4. The molecule has 1 aromatic heterocycles. The molecule has 140 valence electrons. The number of rotatable bonds is 9. The van der Waals surface area contributed by atoms with E-state index >= 15 is 0 Å². The second-order valence-electron chi connectivity index (χ2n) is 4.97. The van der Waals surface area contributed by atoms with E-state index in [2.05, 4.69) is 10.3 Å². The van der Waals surface area contributed by atoms with Crippen LogP contribution in [0.25, 0.3) is 5.69 Å². The lowest BCUT2D eigenvalue weighted by atomic mass is 10.2. The Morgan fingerprint density at radius 2 is 1.77 bits per heavy atom. The number of hydrogen-bond acceptors (Lipinski definition) is 8. The van der Waals surface area contributed by atoms with Crippen molar-refractivity contribution in [2.75, 3.05) is 19.8 Å². The van der Waals surface area contributed by atoms with Gasteiger partial charge in [0.25, 0.3) is 5.69 Å². The third-order valence-corrected chi connectivity index (χ3v) is 3.34. The van der Waals surface area contributed by atoms with E-state index in [0.717, 1.165) is 0 Å². The molecule has 0 amide bonds. The van der Waals surface area contributed by atoms with Gasteiger partial charge in [-0.2, -0.15) is 0 Å². The third kappa shape index (κ3) is 4.21. The van der Waals surface area contributed by atoms with Crippen LogP contribution >= 0.6 is 0 Å². The van der Waals surface area contributed by atoms with Gasteiger partial charge >= 0.3 is 5.97 Å². The first-order valence-electron chi connectivity index (χ1n) is 8.14. The molecule has 0 radical (unpaired) electrons. The first-order valence-corrected chi connectivity index (χ1v) is 8.14. The number of carbonyl (C=O) groups excluding carboxylic acids is 1. The number of benzene rings is 1. The summed E-state index contributed by atoms with van der Waals surface area (Å²) in [5.74, 6) is -0.653. The lowest BCUT2D eigenvalue weighted by Gasteiger charge is -2.18. The van der Waals surface area contributed by atoms with Crippen molar-refractivity contribution in [1.29, 1.82) is 0 Å². The Hall–Kier alpha value is -2.85. The molecule has 0 fully saturated rings. The fraction of sp³-hybridized carbons (Fsp3) is 0.438. The second kappa shape index (κ2) is 9.02. The number of carbonyl (C=O) groups is 1. The number of hydrogen-bond donors (Lipinski definition) is 0. The summed E-state index contributed by atoms with van der Waals surface area (Å²) in [6.07, 6.45) is -0.894. The summed E-state index contributed by atoms with van der Waals surface area (Å²) in [5, 5.41) is 18.7. The molecule has 0 atom stereocenters. The molecule has 2 aromatic rings.